The molecule has 1 unspecified atom stereocenters. The number of hydrogen-bond donors (Lipinski definition) is 3. The smallest absolute Gasteiger partial charge is 0.334 e. The van der Waals surface area contributed by atoms with Crippen LogP contribution in [0.2, 0.25) is 0 Å². The SMILES string of the molecule is COC(CNC(=O)c1ccccc1CCN)C(=O)O. The summed E-state index contributed by atoms with van der Waals surface area (Å²) in [4.78, 5) is 22.7. The van der Waals surface area contributed by atoms with Crippen molar-refractivity contribution in [3.05, 3.63) is 35.4 Å². The van der Waals surface area contributed by atoms with Crippen molar-refractivity contribution >= 4 is 11.9 Å². The standard InChI is InChI=1S/C13H18N2O4/c1-19-11(13(17)18)8-15-12(16)10-5-3-2-4-9(10)6-7-14/h2-5,11H,6-8,14H2,1H3,(H,15,16)(H,17,18). The van der Waals surface area contributed by atoms with Gasteiger partial charge in [0.1, 0.15) is 0 Å². The molecule has 1 aromatic rings. The molecule has 0 saturated carbocycles. The van der Waals surface area contributed by atoms with Crippen molar-refractivity contribution in [1.82, 2.24) is 5.32 Å². The first kappa shape index (κ1) is 15.1. The van der Waals surface area contributed by atoms with Crippen LogP contribution in [0.1, 0.15) is 15.9 Å². The van der Waals surface area contributed by atoms with Gasteiger partial charge in [0, 0.05) is 12.7 Å². The van der Waals surface area contributed by atoms with E-state index in [1.54, 1.807) is 12.1 Å². The Morgan fingerprint density at radius 1 is 1.42 bits per heavy atom. The fraction of sp³-hybridized carbons (Fsp3) is 0.385. The second-order valence-electron chi connectivity index (χ2n) is 3.97. The minimum absolute atomic E-state index is 0.0817. The normalized spacial score (nSPS) is 11.9. The number of nitrogens with two attached hydrogens (primary N) is 1. The summed E-state index contributed by atoms with van der Waals surface area (Å²) < 4.78 is 4.74. The van der Waals surface area contributed by atoms with Gasteiger partial charge in [-0.15, -0.1) is 0 Å². The van der Waals surface area contributed by atoms with Crippen molar-refractivity contribution < 1.29 is 19.4 Å². The second kappa shape index (κ2) is 7.50. The molecule has 19 heavy (non-hydrogen) atoms. The highest BCUT2D eigenvalue weighted by atomic mass is 16.5. The van der Waals surface area contributed by atoms with Gasteiger partial charge in [-0.1, -0.05) is 18.2 Å². The number of carbonyl (C=O) groups excluding carboxylic acids is 1. The van der Waals surface area contributed by atoms with E-state index >= 15 is 0 Å². The molecule has 0 spiro atoms. The van der Waals surface area contributed by atoms with E-state index in [-0.39, 0.29) is 12.5 Å². The van der Waals surface area contributed by atoms with E-state index in [9.17, 15) is 9.59 Å². The first-order valence-electron chi connectivity index (χ1n) is 5.92. The van der Waals surface area contributed by atoms with E-state index < -0.39 is 12.1 Å². The summed E-state index contributed by atoms with van der Waals surface area (Å²) in [6.45, 7) is 0.363. The maximum Gasteiger partial charge on any atom is 0.334 e. The van der Waals surface area contributed by atoms with E-state index in [1.165, 1.54) is 7.11 Å². The number of ether oxygens (including phenoxy) is 1. The molecule has 0 radical (unpaired) electrons. The molecule has 0 aliphatic rings. The Kier molecular flexibility index (Phi) is 5.98. The van der Waals surface area contributed by atoms with Crippen LogP contribution < -0.4 is 11.1 Å². The van der Waals surface area contributed by atoms with Gasteiger partial charge in [-0.3, -0.25) is 4.79 Å². The number of aliphatic carboxylic acids is 1. The van der Waals surface area contributed by atoms with Gasteiger partial charge < -0.3 is 20.9 Å². The molecule has 0 saturated heterocycles. The van der Waals surface area contributed by atoms with Gasteiger partial charge in [0.2, 0.25) is 0 Å². The van der Waals surface area contributed by atoms with Crippen molar-refractivity contribution in [2.24, 2.45) is 5.73 Å². The molecule has 1 atom stereocenters. The summed E-state index contributed by atoms with van der Waals surface area (Å²) >= 11 is 0. The van der Waals surface area contributed by atoms with Crippen molar-refractivity contribution in [3.8, 4) is 0 Å². The second-order valence-corrected chi connectivity index (χ2v) is 3.97. The number of nitrogens with one attached hydrogen (secondary N) is 1. The van der Waals surface area contributed by atoms with Crippen LogP contribution in [0.25, 0.3) is 0 Å². The maximum atomic E-state index is 12.0. The van der Waals surface area contributed by atoms with Crippen LogP contribution in [0.4, 0.5) is 0 Å². The van der Waals surface area contributed by atoms with Crippen LogP contribution in [0.3, 0.4) is 0 Å². The average molecular weight is 266 g/mol. The summed E-state index contributed by atoms with van der Waals surface area (Å²) in [5, 5.41) is 11.3. The van der Waals surface area contributed by atoms with Gasteiger partial charge in [0.05, 0.1) is 6.54 Å². The minimum Gasteiger partial charge on any atom is -0.479 e. The Labute approximate surface area is 111 Å². The molecule has 1 rings (SSSR count). The van der Waals surface area contributed by atoms with Gasteiger partial charge in [-0.05, 0) is 24.6 Å². The summed E-state index contributed by atoms with van der Waals surface area (Å²) in [6, 6.07) is 7.09. The minimum atomic E-state index is -1.11. The number of rotatable bonds is 7. The highest BCUT2D eigenvalue weighted by Crippen LogP contribution is 2.09. The van der Waals surface area contributed by atoms with E-state index in [1.807, 2.05) is 12.1 Å². The Morgan fingerprint density at radius 2 is 2.11 bits per heavy atom. The number of carboxylic acids is 1. The first-order chi connectivity index (χ1) is 9.10. The van der Waals surface area contributed by atoms with Gasteiger partial charge in [-0.25, -0.2) is 4.79 Å². The third-order valence-electron chi connectivity index (χ3n) is 2.68. The first-order valence-corrected chi connectivity index (χ1v) is 5.92. The predicted octanol–water partition coefficient (Wildman–Crippen LogP) is 0.0172. The lowest BCUT2D eigenvalue weighted by atomic mass is 10.0. The summed E-state index contributed by atoms with van der Waals surface area (Å²) in [6.07, 6.45) is -0.457. The molecule has 6 nitrogen and oxygen atoms in total. The Bertz CT molecular complexity index is 448. The molecule has 0 heterocycles. The van der Waals surface area contributed by atoms with Gasteiger partial charge in [-0.2, -0.15) is 0 Å². The number of benzene rings is 1. The molecule has 4 N–H and O–H groups in total. The monoisotopic (exact) mass is 266 g/mol. The third-order valence-corrected chi connectivity index (χ3v) is 2.68. The molecule has 0 fully saturated rings. The fourth-order valence-electron chi connectivity index (χ4n) is 1.67. The van der Waals surface area contributed by atoms with Crippen LogP contribution in [-0.4, -0.2) is 43.3 Å². The van der Waals surface area contributed by atoms with Crippen molar-refractivity contribution in [2.45, 2.75) is 12.5 Å². The van der Waals surface area contributed by atoms with Crippen molar-refractivity contribution in [1.29, 1.82) is 0 Å². The van der Waals surface area contributed by atoms with Gasteiger partial charge >= 0.3 is 5.97 Å². The lowest BCUT2D eigenvalue weighted by Gasteiger charge is -2.13. The summed E-state index contributed by atoms with van der Waals surface area (Å²) in [7, 11) is 1.29. The fourth-order valence-corrected chi connectivity index (χ4v) is 1.67. The summed E-state index contributed by atoms with van der Waals surface area (Å²) in [5.41, 5.74) is 6.83. The number of methoxy groups -OCH3 is 1. The molecular formula is C13H18N2O4. The molecule has 0 bridgehead atoms. The van der Waals surface area contributed by atoms with Crippen LogP contribution in [-0.2, 0) is 16.0 Å². The van der Waals surface area contributed by atoms with Crippen LogP contribution in [0.5, 0.6) is 0 Å². The lowest BCUT2D eigenvalue weighted by molar-refractivity contribution is -0.148. The van der Waals surface area contributed by atoms with Crippen LogP contribution in [0.15, 0.2) is 24.3 Å². The van der Waals surface area contributed by atoms with Crippen LogP contribution >= 0.6 is 0 Å². The lowest BCUT2D eigenvalue weighted by Crippen LogP contribution is -2.38. The number of hydrogen-bond acceptors (Lipinski definition) is 4. The van der Waals surface area contributed by atoms with Gasteiger partial charge in [0.25, 0.3) is 5.91 Å². The van der Waals surface area contributed by atoms with E-state index in [0.717, 1.165) is 5.56 Å². The Hall–Kier alpha value is -1.92. The Morgan fingerprint density at radius 3 is 2.68 bits per heavy atom. The predicted molar refractivity (Wildman–Crippen MR) is 70.0 cm³/mol. The molecule has 1 amide bonds. The molecule has 1 aromatic carbocycles. The zero-order valence-electron chi connectivity index (χ0n) is 10.8. The molecular weight excluding hydrogens is 248 g/mol. The maximum absolute atomic E-state index is 12.0. The summed E-state index contributed by atoms with van der Waals surface area (Å²) in [5.74, 6) is -1.44. The van der Waals surface area contributed by atoms with Crippen LogP contribution in [0, 0.1) is 0 Å². The topological polar surface area (TPSA) is 102 Å². The molecule has 0 aliphatic carbocycles. The molecule has 0 aromatic heterocycles. The van der Waals surface area contributed by atoms with Crippen molar-refractivity contribution in [3.63, 3.8) is 0 Å². The quantitative estimate of drug-likeness (QED) is 0.645. The number of carboxylic acid groups (broad SMARTS) is 1. The highest BCUT2D eigenvalue weighted by molar-refractivity contribution is 5.96. The van der Waals surface area contributed by atoms with Gasteiger partial charge in [0.15, 0.2) is 6.10 Å². The zero-order valence-corrected chi connectivity index (χ0v) is 10.8. The molecule has 0 aliphatic heterocycles. The largest absolute Gasteiger partial charge is 0.479 e. The van der Waals surface area contributed by atoms with E-state index in [4.69, 9.17) is 15.6 Å². The third kappa shape index (κ3) is 4.35. The Balaban J connectivity index is 2.70. The number of carbonyl (C=O) groups is 2. The van der Waals surface area contributed by atoms with Crippen molar-refractivity contribution in [2.75, 3.05) is 20.2 Å². The average Bonchev–Trinajstić information content (AvgIpc) is 2.40. The van der Waals surface area contributed by atoms with E-state index in [2.05, 4.69) is 5.32 Å². The highest BCUT2D eigenvalue weighted by Gasteiger charge is 2.18. The van der Waals surface area contributed by atoms with E-state index in [0.29, 0.717) is 18.5 Å². The zero-order chi connectivity index (χ0) is 14.3. The number of amides is 1. The molecule has 6 heteroatoms. The molecule has 104 valence electrons.